The van der Waals surface area contributed by atoms with Crippen LogP contribution in [-0.4, -0.2) is 18.4 Å². The second kappa shape index (κ2) is 9.50. The summed E-state index contributed by atoms with van der Waals surface area (Å²) in [5.41, 5.74) is 1.31. The van der Waals surface area contributed by atoms with Crippen LogP contribution in [0, 0.1) is 0 Å². The topological polar surface area (TPSA) is 58.2 Å². The second-order valence-electron chi connectivity index (χ2n) is 5.68. The lowest BCUT2D eigenvalue weighted by molar-refractivity contribution is -0.123. The molecule has 0 bridgehead atoms. The van der Waals surface area contributed by atoms with E-state index in [1.54, 1.807) is 24.3 Å². The van der Waals surface area contributed by atoms with Gasteiger partial charge in [-0.25, -0.2) is 0 Å². The molecule has 126 valence electrons. The lowest BCUT2D eigenvalue weighted by Crippen LogP contribution is -2.40. The van der Waals surface area contributed by atoms with Gasteiger partial charge in [0.15, 0.2) is 0 Å². The first kappa shape index (κ1) is 17.7. The van der Waals surface area contributed by atoms with E-state index in [4.69, 9.17) is 0 Å². The van der Waals surface area contributed by atoms with Gasteiger partial charge in [-0.2, -0.15) is 0 Å². The highest BCUT2D eigenvalue weighted by molar-refractivity contribution is 5.97. The number of carbonyl (C=O) groups excluding carboxylic acids is 2. The third-order valence-electron chi connectivity index (χ3n) is 3.79. The van der Waals surface area contributed by atoms with Crippen LogP contribution in [-0.2, 0) is 4.79 Å². The summed E-state index contributed by atoms with van der Waals surface area (Å²) >= 11 is 0. The summed E-state index contributed by atoms with van der Waals surface area (Å²) in [7, 11) is 0. The third-order valence-corrected chi connectivity index (χ3v) is 3.79. The highest BCUT2D eigenvalue weighted by Crippen LogP contribution is 2.14. The second-order valence-corrected chi connectivity index (χ2v) is 5.68. The van der Waals surface area contributed by atoms with E-state index in [1.165, 1.54) is 0 Å². The monoisotopic (exact) mass is 324 g/mol. The number of nitrogens with one attached hydrogen (secondary N) is 2. The Morgan fingerprint density at radius 1 is 0.917 bits per heavy atom. The van der Waals surface area contributed by atoms with Crippen LogP contribution in [0.5, 0.6) is 0 Å². The van der Waals surface area contributed by atoms with Crippen LogP contribution in [0.4, 0.5) is 0 Å². The number of hydrogen-bond acceptors (Lipinski definition) is 2. The van der Waals surface area contributed by atoms with Gasteiger partial charge < -0.3 is 10.6 Å². The van der Waals surface area contributed by atoms with Crippen molar-refractivity contribution in [2.24, 2.45) is 0 Å². The van der Waals surface area contributed by atoms with Crippen molar-refractivity contribution in [1.82, 2.24) is 10.6 Å². The van der Waals surface area contributed by atoms with E-state index in [0.717, 1.165) is 24.8 Å². The highest BCUT2D eigenvalue weighted by atomic mass is 16.2. The molecule has 0 aliphatic carbocycles. The third kappa shape index (κ3) is 5.23. The molecule has 2 rings (SSSR count). The molecule has 2 N–H and O–H groups in total. The van der Waals surface area contributed by atoms with Crippen LogP contribution in [0.25, 0.3) is 0 Å². The molecule has 2 aromatic rings. The molecule has 24 heavy (non-hydrogen) atoms. The Kier molecular flexibility index (Phi) is 7.02. The number of hydrogen-bond donors (Lipinski definition) is 2. The number of rotatable bonds is 8. The van der Waals surface area contributed by atoms with Gasteiger partial charge in [-0.1, -0.05) is 68.3 Å². The summed E-state index contributed by atoms with van der Waals surface area (Å²) in [5, 5.41) is 5.76. The Hall–Kier alpha value is -2.62. The highest BCUT2D eigenvalue weighted by Gasteiger charge is 2.22. The Balaban J connectivity index is 2.08. The lowest BCUT2D eigenvalue weighted by Gasteiger charge is -2.19. The summed E-state index contributed by atoms with van der Waals surface area (Å²) in [4.78, 5) is 25.0. The van der Waals surface area contributed by atoms with Crippen LogP contribution >= 0.6 is 0 Å². The Labute approximate surface area is 143 Å². The van der Waals surface area contributed by atoms with Gasteiger partial charge in [-0.3, -0.25) is 9.59 Å². The lowest BCUT2D eigenvalue weighted by atomic mass is 10.1. The summed E-state index contributed by atoms with van der Waals surface area (Å²) < 4.78 is 0. The Morgan fingerprint density at radius 3 is 2.17 bits per heavy atom. The predicted molar refractivity (Wildman–Crippen MR) is 95.6 cm³/mol. The van der Waals surface area contributed by atoms with Gasteiger partial charge in [0.05, 0.1) is 0 Å². The molecule has 0 aliphatic heterocycles. The first-order valence-electron chi connectivity index (χ1n) is 8.41. The van der Waals surface area contributed by atoms with E-state index in [9.17, 15) is 9.59 Å². The molecular formula is C20H24N2O2. The minimum absolute atomic E-state index is 0.179. The van der Waals surface area contributed by atoms with Crippen molar-refractivity contribution < 1.29 is 9.59 Å². The molecule has 1 unspecified atom stereocenters. The average Bonchev–Trinajstić information content (AvgIpc) is 2.64. The zero-order chi connectivity index (χ0) is 17.2. The minimum atomic E-state index is -0.694. The molecule has 0 fully saturated rings. The zero-order valence-corrected chi connectivity index (χ0v) is 14.0. The van der Waals surface area contributed by atoms with Crippen LogP contribution < -0.4 is 10.6 Å². The molecule has 2 amide bonds. The predicted octanol–water partition coefficient (Wildman–Crippen LogP) is 3.46. The number of benzene rings is 2. The fourth-order valence-electron chi connectivity index (χ4n) is 2.44. The van der Waals surface area contributed by atoms with Gasteiger partial charge in [0.1, 0.15) is 6.04 Å². The summed E-state index contributed by atoms with van der Waals surface area (Å²) in [6.07, 6.45) is 3.12. The molecule has 0 aliphatic rings. The maximum Gasteiger partial charge on any atom is 0.252 e. The molecule has 4 heteroatoms. The van der Waals surface area contributed by atoms with E-state index in [1.807, 2.05) is 36.4 Å². The van der Waals surface area contributed by atoms with E-state index in [2.05, 4.69) is 17.6 Å². The molecule has 0 saturated heterocycles. The molecule has 4 nitrogen and oxygen atoms in total. The smallest absolute Gasteiger partial charge is 0.252 e. The van der Waals surface area contributed by atoms with E-state index in [0.29, 0.717) is 12.1 Å². The normalized spacial score (nSPS) is 11.5. The van der Waals surface area contributed by atoms with E-state index >= 15 is 0 Å². The van der Waals surface area contributed by atoms with Crippen LogP contribution in [0.3, 0.4) is 0 Å². The molecule has 0 heterocycles. The first-order chi connectivity index (χ1) is 11.7. The molecular weight excluding hydrogens is 300 g/mol. The van der Waals surface area contributed by atoms with Crippen molar-refractivity contribution in [2.75, 3.05) is 6.54 Å². The van der Waals surface area contributed by atoms with Crippen molar-refractivity contribution in [3.05, 3.63) is 71.8 Å². The maximum atomic E-state index is 12.5. The maximum absolute atomic E-state index is 12.5. The standard InChI is InChI=1S/C20H24N2O2/c1-2-3-10-15-21-20(24)18(16-11-6-4-7-12-16)22-19(23)17-13-8-5-9-14-17/h4-9,11-14,18H,2-3,10,15H2,1H3,(H,21,24)(H,22,23). The van der Waals surface area contributed by atoms with E-state index < -0.39 is 6.04 Å². The quantitative estimate of drug-likeness (QED) is 0.731. The van der Waals surface area contributed by atoms with Crippen molar-refractivity contribution in [1.29, 1.82) is 0 Å². The molecule has 0 saturated carbocycles. The first-order valence-corrected chi connectivity index (χ1v) is 8.41. The van der Waals surface area contributed by atoms with E-state index in [-0.39, 0.29) is 11.8 Å². The van der Waals surface area contributed by atoms with Gasteiger partial charge in [-0.05, 0) is 24.1 Å². The van der Waals surface area contributed by atoms with Crippen LogP contribution in [0.2, 0.25) is 0 Å². The fraction of sp³-hybridized carbons (Fsp3) is 0.300. The zero-order valence-electron chi connectivity index (χ0n) is 14.0. The average molecular weight is 324 g/mol. The largest absolute Gasteiger partial charge is 0.354 e. The molecule has 0 radical (unpaired) electrons. The van der Waals surface area contributed by atoms with Gasteiger partial charge in [-0.15, -0.1) is 0 Å². The van der Waals surface area contributed by atoms with Crippen molar-refractivity contribution in [3.8, 4) is 0 Å². The van der Waals surface area contributed by atoms with Crippen molar-refractivity contribution in [2.45, 2.75) is 32.2 Å². The minimum Gasteiger partial charge on any atom is -0.354 e. The number of carbonyl (C=O) groups is 2. The van der Waals surface area contributed by atoms with Gasteiger partial charge in [0, 0.05) is 12.1 Å². The molecule has 2 aromatic carbocycles. The molecule has 1 atom stereocenters. The van der Waals surface area contributed by atoms with Gasteiger partial charge in [0.2, 0.25) is 5.91 Å². The summed E-state index contributed by atoms with van der Waals surface area (Å²) in [5.74, 6) is -0.435. The molecule has 0 spiro atoms. The van der Waals surface area contributed by atoms with Gasteiger partial charge >= 0.3 is 0 Å². The Morgan fingerprint density at radius 2 is 1.54 bits per heavy atom. The summed E-state index contributed by atoms with van der Waals surface area (Å²) in [6.45, 7) is 2.74. The molecule has 0 aromatic heterocycles. The SMILES string of the molecule is CCCCCNC(=O)C(NC(=O)c1ccccc1)c1ccccc1. The number of unbranched alkanes of at least 4 members (excludes halogenated alkanes) is 2. The van der Waals surface area contributed by atoms with Crippen LogP contribution in [0.1, 0.15) is 48.1 Å². The van der Waals surface area contributed by atoms with Gasteiger partial charge in [0.25, 0.3) is 5.91 Å². The van der Waals surface area contributed by atoms with Crippen molar-refractivity contribution in [3.63, 3.8) is 0 Å². The number of amides is 2. The Bertz CT molecular complexity index is 641. The van der Waals surface area contributed by atoms with Crippen LogP contribution in [0.15, 0.2) is 60.7 Å². The fourth-order valence-corrected chi connectivity index (χ4v) is 2.44. The summed E-state index contributed by atoms with van der Waals surface area (Å²) in [6, 6.07) is 17.5. The van der Waals surface area contributed by atoms with Crippen molar-refractivity contribution >= 4 is 11.8 Å².